The minimum absolute atomic E-state index is 0.114. The van der Waals surface area contributed by atoms with Gasteiger partial charge in [-0.3, -0.25) is 0 Å². The molecule has 0 aliphatic carbocycles. The Hall–Kier alpha value is -1.64. The van der Waals surface area contributed by atoms with E-state index in [1.165, 1.54) is 0 Å². The number of rotatable bonds is 32. The predicted octanol–water partition coefficient (Wildman–Crippen LogP) is -15.8. The highest BCUT2D eigenvalue weighted by Crippen LogP contribution is 2.41. The summed E-state index contributed by atoms with van der Waals surface area (Å²) in [6, 6.07) is 0. The van der Waals surface area contributed by atoms with E-state index in [0.29, 0.717) is 6.42 Å². The van der Waals surface area contributed by atoms with Crippen LogP contribution >= 0.6 is 0 Å². The van der Waals surface area contributed by atoms with Crippen molar-refractivity contribution in [2.75, 3.05) is 59.5 Å². The lowest BCUT2D eigenvalue weighted by molar-refractivity contribution is -0.346. The molecule has 0 aromatic carbocycles. The van der Waals surface area contributed by atoms with Crippen molar-refractivity contribution in [3.63, 3.8) is 0 Å². The summed E-state index contributed by atoms with van der Waals surface area (Å²) in [6.07, 6.45) is -75.4. The second-order valence-electron chi connectivity index (χ2n) is 24.3. The zero-order valence-corrected chi connectivity index (χ0v) is 51.0. The molecule has 8 heterocycles. The Kier molecular flexibility index (Phi) is 29.5. The number of aliphatic hydroxyl groups excluding tert-OH is 25. The third kappa shape index (κ3) is 17.2. The molecule has 556 valence electrons. The molecule has 0 aromatic heterocycles. The Morgan fingerprint density at radius 2 is 0.505 bits per heavy atom. The van der Waals surface area contributed by atoms with E-state index in [1.807, 2.05) is 6.92 Å². The van der Waals surface area contributed by atoms with E-state index in [4.69, 9.17) is 75.8 Å². The zero-order valence-electron chi connectivity index (χ0n) is 51.0. The zero-order chi connectivity index (χ0) is 69.6. The molecule has 0 spiro atoms. The predicted molar refractivity (Wildman–Crippen MR) is 292 cm³/mol. The molecule has 8 aliphatic heterocycles. The summed E-state index contributed by atoms with van der Waals surface area (Å²) in [5.41, 5.74) is 0. The molecule has 36 unspecified atom stereocenters. The highest BCUT2D eigenvalue weighted by molar-refractivity contribution is 5.03. The normalized spacial score (nSPS) is 48.7. The first kappa shape index (κ1) is 79.1. The van der Waals surface area contributed by atoms with E-state index < -0.39 is 299 Å². The number of aliphatic hydroxyl groups is 25. The lowest BCUT2D eigenvalue weighted by Gasteiger charge is -2.44. The Morgan fingerprint density at radius 3 is 0.789 bits per heavy atom. The smallest absolute Gasteiger partial charge is 0.187 e. The number of unbranched alkanes of at least 4 members (excludes halogenated alkanes) is 3. The van der Waals surface area contributed by atoms with E-state index in [1.54, 1.807) is 0 Å². The van der Waals surface area contributed by atoms with Crippen molar-refractivity contribution in [2.45, 2.75) is 278 Å². The van der Waals surface area contributed by atoms with Gasteiger partial charge < -0.3 is 203 Å². The molecule has 0 aromatic rings. The van der Waals surface area contributed by atoms with Crippen LogP contribution in [0, 0.1) is 0 Å². The van der Waals surface area contributed by atoms with E-state index in [0.717, 1.165) is 19.3 Å². The van der Waals surface area contributed by atoms with Crippen molar-refractivity contribution in [1.82, 2.24) is 0 Å². The van der Waals surface area contributed by atoms with Crippen molar-refractivity contribution in [2.24, 2.45) is 0 Å². The Morgan fingerprint density at radius 1 is 0.263 bits per heavy atom. The molecule has 0 radical (unpaired) electrons. The molecule has 8 fully saturated rings. The molecule has 8 saturated heterocycles. The third-order valence-corrected chi connectivity index (χ3v) is 17.8. The standard InChI is InChI=1S/C54H94O41/c1-2-3-4-5-6-80-47-32(76)43(36(85-47)15(63)7-55)93-49-29(73)40(24(68)20(12-60)82-49)90-53-34(78)45(38(87-53)17(65)9-57)95-51-31(75)42(26(70)22(14-62)84-51)91-54-35(79)46(39(88-54)18(66)10-58)94-50-30(74)41(25(69)21(13-61)83-50)89-52-33(77)44(37(86-52)16(64)8-56)92-48-28(72)27(71)23(67)19(11-59)81-48/h15-79H,2-14H2,1H3/t15-,16-,17-,18-,19?,20?,21?,22?,23?,24?,25?,26?,27?,28?,29?,30?,31?,32?,33?,34?,35?,36?,37?,38?,39?,40?,41?,42?,43?,44?,45?,46?,47?,48?,49?,50?,51?,52?,53?,54?/m1/s1. The van der Waals surface area contributed by atoms with Gasteiger partial charge in [0.15, 0.2) is 50.3 Å². The maximum atomic E-state index is 11.9. The van der Waals surface area contributed by atoms with E-state index in [-0.39, 0.29) is 6.61 Å². The summed E-state index contributed by atoms with van der Waals surface area (Å²) >= 11 is 0. The second kappa shape index (κ2) is 35.5. The van der Waals surface area contributed by atoms with Gasteiger partial charge in [0, 0.05) is 6.61 Å². The van der Waals surface area contributed by atoms with Crippen molar-refractivity contribution >= 4 is 0 Å². The van der Waals surface area contributed by atoms with Gasteiger partial charge in [-0.2, -0.15) is 0 Å². The van der Waals surface area contributed by atoms with E-state index in [9.17, 15) is 128 Å². The molecule has 25 N–H and O–H groups in total. The molecular formula is C54H94O41. The lowest BCUT2D eigenvalue weighted by Crippen LogP contribution is -2.63. The van der Waals surface area contributed by atoms with Gasteiger partial charge in [-0.05, 0) is 6.42 Å². The fourth-order valence-electron chi connectivity index (χ4n) is 12.4. The second-order valence-corrected chi connectivity index (χ2v) is 24.3. The molecule has 0 bridgehead atoms. The van der Waals surface area contributed by atoms with Gasteiger partial charge in [0.1, 0.15) is 195 Å². The number of ether oxygens (including phenoxy) is 16. The molecule has 8 rings (SSSR count). The Labute approximate surface area is 540 Å². The van der Waals surface area contributed by atoms with Crippen LogP contribution in [0.2, 0.25) is 0 Å². The van der Waals surface area contributed by atoms with Gasteiger partial charge in [-0.15, -0.1) is 0 Å². The fraction of sp³-hybridized carbons (Fsp3) is 1.00. The van der Waals surface area contributed by atoms with Gasteiger partial charge >= 0.3 is 0 Å². The van der Waals surface area contributed by atoms with Crippen molar-refractivity contribution < 1.29 is 203 Å². The Bertz CT molecular complexity index is 2240. The summed E-state index contributed by atoms with van der Waals surface area (Å²) in [4.78, 5) is 0. The van der Waals surface area contributed by atoms with Gasteiger partial charge in [0.05, 0.1) is 52.9 Å². The van der Waals surface area contributed by atoms with Gasteiger partial charge in [-0.25, -0.2) is 0 Å². The highest BCUT2D eigenvalue weighted by atomic mass is 16.8. The number of hydrogen-bond donors (Lipinski definition) is 25. The van der Waals surface area contributed by atoms with Crippen LogP contribution in [0.4, 0.5) is 0 Å². The van der Waals surface area contributed by atoms with Crippen LogP contribution < -0.4 is 0 Å². The minimum Gasteiger partial charge on any atom is -0.394 e. The molecule has 41 nitrogen and oxygen atoms in total. The highest BCUT2D eigenvalue weighted by Gasteiger charge is 2.61. The van der Waals surface area contributed by atoms with Gasteiger partial charge in [0.2, 0.25) is 0 Å². The van der Waals surface area contributed by atoms with Crippen LogP contribution in [-0.2, 0) is 75.8 Å². The van der Waals surface area contributed by atoms with Crippen LogP contribution in [0.25, 0.3) is 0 Å². The first-order valence-corrected chi connectivity index (χ1v) is 31.2. The van der Waals surface area contributed by atoms with E-state index >= 15 is 0 Å². The summed E-state index contributed by atoms with van der Waals surface area (Å²) < 4.78 is 91.6. The SMILES string of the molecule is CCCCCCOC1OC([C@H](O)CO)C(OC2OC(CO)C(O)C(OC3OC([C@H](O)CO)C(OC4OC(CO)C(O)C(OC5OC([C@H](O)CO)C(OC6OC(CO)C(O)C(OC7OC([C@H](O)CO)C(OC8OC(CO)C(O)C(O)C8O)C7O)C6O)C5O)C4O)C3O)C2O)C1O. The Balaban J connectivity index is 0.953. The summed E-state index contributed by atoms with van der Waals surface area (Å²) in [6.45, 7) is -6.18. The molecule has 41 heteroatoms. The van der Waals surface area contributed by atoms with Crippen LogP contribution in [0.15, 0.2) is 0 Å². The van der Waals surface area contributed by atoms with Crippen LogP contribution in [-0.4, -0.2) is 433 Å². The van der Waals surface area contributed by atoms with Gasteiger partial charge in [0.25, 0.3) is 0 Å². The first-order valence-electron chi connectivity index (χ1n) is 31.2. The molecule has 0 saturated carbocycles. The topological polar surface area (TPSA) is 653 Å². The van der Waals surface area contributed by atoms with Crippen molar-refractivity contribution in [3.8, 4) is 0 Å². The quantitative estimate of drug-likeness (QED) is 0.0278. The fourth-order valence-corrected chi connectivity index (χ4v) is 12.4. The first-order chi connectivity index (χ1) is 45.3. The summed E-state index contributed by atoms with van der Waals surface area (Å²) in [7, 11) is 0. The van der Waals surface area contributed by atoms with Crippen LogP contribution in [0.1, 0.15) is 32.6 Å². The molecule has 40 atom stereocenters. The van der Waals surface area contributed by atoms with Crippen LogP contribution in [0.5, 0.6) is 0 Å². The molecule has 95 heavy (non-hydrogen) atoms. The maximum absolute atomic E-state index is 11.9. The lowest BCUT2D eigenvalue weighted by atomic mass is 9.97. The number of hydrogen-bond acceptors (Lipinski definition) is 41. The van der Waals surface area contributed by atoms with Crippen molar-refractivity contribution in [3.05, 3.63) is 0 Å². The molecule has 0 amide bonds. The average Bonchev–Trinajstić information content (AvgIpc) is 1.72. The third-order valence-electron chi connectivity index (χ3n) is 17.8. The average molecular weight is 1400 g/mol. The monoisotopic (exact) mass is 1400 g/mol. The largest absolute Gasteiger partial charge is 0.394 e. The van der Waals surface area contributed by atoms with Crippen LogP contribution in [0.3, 0.4) is 0 Å². The molecular weight excluding hydrogens is 1300 g/mol. The van der Waals surface area contributed by atoms with E-state index in [2.05, 4.69) is 0 Å². The maximum Gasteiger partial charge on any atom is 0.187 e. The summed E-state index contributed by atoms with van der Waals surface area (Å²) in [5, 5.41) is 271. The van der Waals surface area contributed by atoms with Gasteiger partial charge in [-0.1, -0.05) is 26.2 Å². The van der Waals surface area contributed by atoms with Crippen molar-refractivity contribution in [1.29, 1.82) is 0 Å². The molecule has 8 aliphatic rings. The minimum atomic E-state index is -2.33. The summed E-state index contributed by atoms with van der Waals surface area (Å²) in [5.74, 6) is 0.